The van der Waals surface area contributed by atoms with Gasteiger partial charge in [0, 0.05) is 24.5 Å². The van der Waals surface area contributed by atoms with Gasteiger partial charge in [-0.3, -0.25) is 14.4 Å². The molecule has 0 bridgehead atoms. The topological polar surface area (TPSA) is 104 Å². The van der Waals surface area contributed by atoms with Crippen LogP contribution in [0.5, 0.6) is 0 Å². The van der Waals surface area contributed by atoms with Crippen LogP contribution in [0, 0.1) is 5.92 Å². The van der Waals surface area contributed by atoms with Gasteiger partial charge in [-0.1, -0.05) is 80.0 Å². The van der Waals surface area contributed by atoms with E-state index in [1.54, 1.807) is 30.3 Å². The van der Waals surface area contributed by atoms with Crippen LogP contribution in [0.3, 0.4) is 0 Å². The number of benzene rings is 3. The molecule has 0 unspecified atom stereocenters. The molecule has 4 rings (SSSR count). The van der Waals surface area contributed by atoms with Gasteiger partial charge in [-0.2, -0.15) is 0 Å². The van der Waals surface area contributed by atoms with E-state index < -0.39 is 34.4 Å². The predicted molar refractivity (Wildman–Crippen MR) is 148 cm³/mol. The molecule has 8 nitrogen and oxygen atoms in total. The van der Waals surface area contributed by atoms with Crippen LogP contribution in [0.4, 0.5) is 0 Å². The van der Waals surface area contributed by atoms with Crippen molar-refractivity contribution in [3.8, 4) is 0 Å². The van der Waals surface area contributed by atoms with Crippen LogP contribution in [0.2, 0.25) is 5.02 Å². The zero-order valence-corrected chi connectivity index (χ0v) is 23.3. The number of hydrogen-bond acceptors (Lipinski definition) is 5. The molecule has 10 heteroatoms. The normalized spacial score (nSPS) is 14.7. The smallest absolute Gasteiger partial charge is 0.269 e. The Balaban J connectivity index is 1.71. The number of hydrogen-bond donors (Lipinski definition) is 1. The van der Waals surface area contributed by atoms with E-state index >= 15 is 0 Å². The molecular formula is C29H30ClN3O5S. The second-order valence-electron chi connectivity index (χ2n) is 9.81. The fourth-order valence-electron chi connectivity index (χ4n) is 4.41. The molecule has 1 N–H and O–H groups in total. The average molecular weight is 568 g/mol. The highest BCUT2D eigenvalue weighted by atomic mass is 35.5. The van der Waals surface area contributed by atoms with Crippen molar-refractivity contribution in [2.75, 3.05) is 13.1 Å². The number of amides is 3. The Bertz CT molecular complexity index is 1480. The monoisotopic (exact) mass is 567 g/mol. The fraction of sp³-hybridized carbons (Fsp3) is 0.276. The summed E-state index contributed by atoms with van der Waals surface area (Å²) in [4.78, 5) is 41.7. The van der Waals surface area contributed by atoms with E-state index in [2.05, 4.69) is 5.32 Å². The Morgan fingerprint density at radius 2 is 1.62 bits per heavy atom. The van der Waals surface area contributed by atoms with Crippen molar-refractivity contribution >= 4 is 39.3 Å². The molecule has 0 fully saturated rings. The summed E-state index contributed by atoms with van der Waals surface area (Å²) < 4.78 is 26.9. The highest BCUT2D eigenvalue weighted by Gasteiger charge is 2.43. The number of nitrogens with zero attached hydrogens (tertiary/aromatic N) is 2. The quantitative estimate of drug-likeness (QED) is 0.400. The Hall–Kier alpha value is -3.69. The zero-order valence-electron chi connectivity index (χ0n) is 21.7. The highest BCUT2D eigenvalue weighted by molar-refractivity contribution is 7.90. The van der Waals surface area contributed by atoms with Crippen molar-refractivity contribution < 1.29 is 22.8 Å². The summed E-state index contributed by atoms with van der Waals surface area (Å²) in [6.45, 7) is 3.57. The van der Waals surface area contributed by atoms with Gasteiger partial charge in [0.2, 0.25) is 11.8 Å². The number of fused-ring (bicyclic) bond motifs is 1. The minimum absolute atomic E-state index is 0.0129. The predicted octanol–water partition coefficient (Wildman–Crippen LogP) is 3.90. The van der Waals surface area contributed by atoms with Crippen molar-refractivity contribution in [3.05, 3.63) is 101 Å². The van der Waals surface area contributed by atoms with Gasteiger partial charge in [0.05, 0.1) is 5.56 Å². The number of rotatable bonds is 10. The minimum atomic E-state index is -4.22. The lowest BCUT2D eigenvalue weighted by molar-refractivity contribution is -0.141. The van der Waals surface area contributed by atoms with Gasteiger partial charge in [-0.25, -0.2) is 12.7 Å². The maximum absolute atomic E-state index is 13.9. The third-order valence-electron chi connectivity index (χ3n) is 6.39. The van der Waals surface area contributed by atoms with Crippen LogP contribution in [0.25, 0.3) is 0 Å². The number of carbonyl (C=O) groups is 3. The number of sulfonamides is 1. The first kappa shape index (κ1) is 28.3. The van der Waals surface area contributed by atoms with E-state index in [-0.39, 0.29) is 35.2 Å². The van der Waals surface area contributed by atoms with Crippen molar-refractivity contribution in [1.29, 1.82) is 0 Å². The highest BCUT2D eigenvalue weighted by Crippen LogP contribution is 2.30. The molecule has 0 spiro atoms. The Kier molecular flexibility index (Phi) is 8.72. The molecule has 204 valence electrons. The van der Waals surface area contributed by atoms with Crippen LogP contribution in [-0.4, -0.2) is 54.5 Å². The van der Waals surface area contributed by atoms with E-state index in [9.17, 15) is 22.8 Å². The standard InChI is InChI=1S/C29H30ClN3O5S/c1-20(2)17-31-28(35)25(16-21-9-4-3-5-10-21)32(18-22-11-8-12-23(30)15-22)27(34)19-33-29(36)24-13-6-7-14-26(24)39(33,37)38/h3-15,20,25H,16-19H2,1-2H3,(H,31,35)/t25-/m1/s1. The maximum atomic E-state index is 13.9. The summed E-state index contributed by atoms with van der Waals surface area (Å²) in [6, 6.07) is 21.0. The first-order valence-corrected chi connectivity index (χ1v) is 14.4. The first-order valence-electron chi connectivity index (χ1n) is 12.6. The van der Waals surface area contributed by atoms with Crippen LogP contribution in [-0.2, 0) is 32.6 Å². The maximum Gasteiger partial charge on any atom is 0.269 e. The van der Waals surface area contributed by atoms with Crippen molar-refractivity contribution in [3.63, 3.8) is 0 Å². The zero-order chi connectivity index (χ0) is 28.2. The molecule has 1 aliphatic heterocycles. The summed E-state index contributed by atoms with van der Waals surface area (Å²) in [5, 5.41) is 3.37. The molecule has 1 atom stereocenters. The molecule has 0 aromatic heterocycles. The van der Waals surface area contributed by atoms with Gasteiger partial charge >= 0.3 is 0 Å². The first-order chi connectivity index (χ1) is 18.6. The average Bonchev–Trinajstić information content (AvgIpc) is 3.10. The Labute approximate surface area is 233 Å². The molecule has 3 amide bonds. The van der Waals surface area contributed by atoms with Crippen LogP contribution in [0.15, 0.2) is 83.8 Å². The number of halogens is 1. The van der Waals surface area contributed by atoms with Crippen LogP contribution >= 0.6 is 11.6 Å². The SMILES string of the molecule is CC(C)CNC(=O)[C@@H](Cc1ccccc1)N(Cc1cccc(Cl)c1)C(=O)CN1C(=O)c2ccccc2S1(=O)=O. The molecule has 1 heterocycles. The van der Waals surface area contributed by atoms with Gasteiger partial charge in [-0.05, 0) is 41.3 Å². The largest absolute Gasteiger partial charge is 0.354 e. The summed E-state index contributed by atoms with van der Waals surface area (Å²) in [7, 11) is -4.22. The molecule has 0 aliphatic carbocycles. The summed E-state index contributed by atoms with van der Waals surface area (Å²) in [6.07, 6.45) is 0.192. The van der Waals surface area contributed by atoms with Gasteiger partial charge in [0.25, 0.3) is 15.9 Å². The summed E-state index contributed by atoms with van der Waals surface area (Å²) in [5.41, 5.74) is 1.50. The van der Waals surface area contributed by atoms with Crippen LogP contribution < -0.4 is 5.32 Å². The van der Waals surface area contributed by atoms with Crippen molar-refractivity contribution in [2.24, 2.45) is 5.92 Å². The number of carbonyl (C=O) groups excluding carboxylic acids is 3. The second kappa shape index (κ2) is 12.0. The molecule has 0 saturated carbocycles. The van der Waals surface area contributed by atoms with Gasteiger partial charge in [0.1, 0.15) is 17.5 Å². The van der Waals surface area contributed by atoms with E-state index in [1.807, 2.05) is 44.2 Å². The van der Waals surface area contributed by atoms with Gasteiger partial charge in [0.15, 0.2) is 0 Å². The third-order valence-corrected chi connectivity index (χ3v) is 8.41. The van der Waals surface area contributed by atoms with E-state index in [0.29, 0.717) is 21.4 Å². The Morgan fingerprint density at radius 1 is 0.949 bits per heavy atom. The summed E-state index contributed by atoms with van der Waals surface area (Å²) >= 11 is 6.19. The lowest BCUT2D eigenvalue weighted by Gasteiger charge is -2.32. The molecule has 1 aliphatic rings. The van der Waals surface area contributed by atoms with E-state index in [4.69, 9.17) is 11.6 Å². The van der Waals surface area contributed by atoms with Crippen molar-refractivity contribution in [2.45, 2.75) is 37.8 Å². The molecule has 39 heavy (non-hydrogen) atoms. The second-order valence-corrected chi connectivity index (χ2v) is 12.1. The fourth-order valence-corrected chi connectivity index (χ4v) is 6.14. The molecular weight excluding hydrogens is 538 g/mol. The van der Waals surface area contributed by atoms with Crippen LogP contribution in [0.1, 0.15) is 35.3 Å². The third kappa shape index (κ3) is 6.49. The number of nitrogens with one attached hydrogen (secondary N) is 1. The van der Waals surface area contributed by atoms with E-state index in [0.717, 1.165) is 5.56 Å². The van der Waals surface area contributed by atoms with Crippen molar-refractivity contribution in [1.82, 2.24) is 14.5 Å². The molecule has 3 aromatic rings. The minimum Gasteiger partial charge on any atom is -0.354 e. The van der Waals surface area contributed by atoms with Gasteiger partial charge in [-0.15, -0.1) is 0 Å². The molecule has 0 radical (unpaired) electrons. The molecule has 3 aromatic carbocycles. The lowest BCUT2D eigenvalue weighted by atomic mass is 10.0. The van der Waals surface area contributed by atoms with Gasteiger partial charge < -0.3 is 10.2 Å². The Morgan fingerprint density at radius 3 is 2.28 bits per heavy atom. The molecule has 0 saturated heterocycles. The van der Waals surface area contributed by atoms with E-state index in [1.165, 1.54) is 23.1 Å². The lowest BCUT2D eigenvalue weighted by Crippen LogP contribution is -2.53. The summed E-state index contributed by atoms with van der Waals surface area (Å²) in [5.74, 6) is -1.65.